The lowest BCUT2D eigenvalue weighted by molar-refractivity contribution is 0.0166. The van der Waals surface area contributed by atoms with E-state index in [1.807, 2.05) is 0 Å². The number of hydrogen-bond donors (Lipinski definition) is 1. The first kappa shape index (κ1) is 14.4. The van der Waals surface area contributed by atoms with E-state index in [0.29, 0.717) is 19.3 Å². The van der Waals surface area contributed by atoms with Gasteiger partial charge in [0.15, 0.2) is 0 Å². The van der Waals surface area contributed by atoms with E-state index < -0.39 is 0 Å². The lowest BCUT2D eigenvalue weighted by Gasteiger charge is -2.23. The number of rotatable bonds is 5. The average Bonchev–Trinajstić information content (AvgIpc) is 2.43. The van der Waals surface area contributed by atoms with Crippen LogP contribution in [0.15, 0.2) is 12.1 Å². The largest absolute Gasteiger partial charge is 0.491 e. The minimum atomic E-state index is 0.407. The summed E-state index contributed by atoms with van der Waals surface area (Å²) in [6.45, 7) is 9.78. The van der Waals surface area contributed by atoms with Crippen molar-refractivity contribution in [2.24, 2.45) is 0 Å². The molecule has 1 aromatic rings. The van der Waals surface area contributed by atoms with Crippen molar-refractivity contribution in [1.82, 2.24) is 5.32 Å². The van der Waals surface area contributed by atoms with Crippen molar-refractivity contribution in [2.75, 3.05) is 26.3 Å². The summed E-state index contributed by atoms with van der Waals surface area (Å²) in [4.78, 5) is 0. The Labute approximate surface area is 116 Å². The molecule has 1 N–H and O–H groups in total. The highest BCUT2D eigenvalue weighted by atomic mass is 16.5. The minimum Gasteiger partial charge on any atom is -0.491 e. The van der Waals surface area contributed by atoms with Gasteiger partial charge < -0.3 is 14.8 Å². The lowest BCUT2D eigenvalue weighted by Crippen LogP contribution is -2.33. The van der Waals surface area contributed by atoms with Crippen LogP contribution in [0.4, 0.5) is 0 Å². The Kier molecular flexibility index (Phi) is 5.23. The second-order valence-electron chi connectivity index (χ2n) is 5.32. The predicted octanol–water partition coefficient (Wildman–Crippen LogP) is 2.76. The summed E-state index contributed by atoms with van der Waals surface area (Å²) >= 11 is 0. The maximum Gasteiger partial charge on any atom is 0.125 e. The van der Waals surface area contributed by atoms with Crippen LogP contribution in [0.2, 0.25) is 0 Å². The first-order chi connectivity index (χ1) is 9.18. The van der Waals surface area contributed by atoms with E-state index in [1.54, 1.807) is 0 Å². The Morgan fingerprint density at radius 1 is 1.05 bits per heavy atom. The zero-order valence-corrected chi connectivity index (χ0v) is 12.3. The molecule has 1 aliphatic rings. The number of aryl methyl sites for hydroxylation is 2. The summed E-state index contributed by atoms with van der Waals surface area (Å²) < 4.78 is 11.7. The van der Waals surface area contributed by atoms with E-state index in [0.717, 1.165) is 31.7 Å². The van der Waals surface area contributed by atoms with E-state index in [9.17, 15) is 0 Å². The monoisotopic (exact) mass is 263 g/mol. The first-order valence-electron chi connectivity index (χ1n) is 7.20. The van der Waals surface area contributed by atoms with E-state index in [4.69, 9.17) is 9.47 Å². The van der Waals surface area contributed by atoms with Crippen molar-refractivity contribution in [3.63, 3.8) is 0 Å². The molecule has 0 unspecified atom stereocenters. The van der Waals surface area contributed by atoms with Gasteiger partial charge in [0.05, 0.1) is 12.7 Å². The third-order valence-electron chi connectivity index (χ3n) is 3.84. The fourth-order valence-electron chi connectivity index (χ4n) is 2.47. The molecule has 0 aromatic heterocycles. The highest BCUT2D eigenvalue weighted by molar-refractivity contribution is 5.44. The fourth-order valence-corrected chi connectivity index (χ4v) is 2.47. The van der Waals surface area contributed by atoms with E-state index in [1.165, 1.54) is 16.7 Å². The van der Waals surface area contributed by atoms with Crippen molar-refractivity contribution in [1.29, 1.82) is 0 Å². The topological polar surface area (TPSA) is 30.5 Å². The molecule has 3 nitrogen and oxygen atoms in total. The molecule has 19 heavy (non-hydrogen) atoms. The molecule has 0 bridgehead atoms. The Morgan fingerprint density at radius 3 is 2.47 bits per heavy atom. The fraction of sp³-hybridized carbons (Fsp3) is 0.625. The van der Waals surface area contributed by atoms with Gasteiger partial charge >= 0.3 is 0 Å². The molecule has 0 radical (unpaired) electrons. The molecule has 1 heterocycles. The van der Waals surface area contributed by atoms with E-state index in [-0.39, 0.29) is 0 Å². The van der Waals surface area contributed by atoms with Crippen LogP contribution in [0.5, 0.6) is 5.75 Å². The Morgan fingerprint density at radius 2 is 1.74 bits per heavy atom. The molecule has 0 spiro atoms. The van der Waals surface area contributed by atoms with Crippen LogP contribution in [0.25, 0.3) is 0 Å². The maximum absolute atomic E-state index is 5.90. The molecule has 0 saturated carbocycles. The van der Waals surface area contributed by atoms with Crippen LogP contribution in [0, 0.1) is 20.8 Å². The van der Waals surface area contributed by atoms with Gasteiger partial charge in [-0.1, -0.05) is 12.1 Å². The molecule has 3 heteroatoms. The Balaban J connectivity index is 1.77. The van der Waals surface area contributed by atoms with Gasteiger partial charge in [-0.15, -0.1) is 0 Å². The molecule has 0 amide bonds. The van der Waals surface area contributed by atoms with E-state index in [2.05, 4.69) is 38.2 Å². The highest BCUT2D eigenvalue weighted by Crippen LogP contribution is 2.25. The lowest BCUT2D eigenvalue weighted by atomic mass is 10.1. The van der Waals surface area contributed by atoms with Crippen LogP contribution >= 0.6 is 0 Å². The molecule has 1 saturated heterocycles. The standard InChI is InChI=1S/C16H25NO2/c1-12-4-5-13(2)16(14(12)3)19-11-10-18-15-6-8-17-9-7-15/h4-5,15,17H,6-11H2,1-3H3. The quantitative estimate of drug-likeness (QED) is 0.829. The van der Waals surface area contributed by atoms with Gasteiger partial charge in [-0.25, -0.2) is 0 Å². The molecule has 1 aromatic carbocycles. The van der Waals surface area contributed by atoms with Crippen LogP contribution in [-0.4, -0.2) is 32.4 Å². The third kappa shape index (κ3) is 3.95. The van der Waals surface area contributed by atoms with Gasteiger partial charge in [0.25, 0.3) is 0 Å². The molecule has 1 fully saturated rings. The summed E-state index contributed by atoms with van der Waals surface area (Å²) in [6.07, 6.45) is 2.63. The molecule has 0 aliphatic carbocycles. The van der Waals surface area contributed by atoms with Gasteiger partial charge in [-0.05, 0) is 63.4 Å². The molecular weight excluding hydrogens is 238 g/mol. The number of nitrogens with one attached hydrogen (secondary N) is 1. The van der Waals surface area contributed by atoms with Gasteiger partial charge in [0, 0.05) is 0 Å². The summed E-state index contributed by atoms with van der Waals surface area (Å²) in [6, 6.07) is 4.26. The van der Waals surface area contributed by atoms with Crippen LogP contribution in [0.1, 0.15) is 29.5 Å². The summed E-state index contributed by atoms with van der Waals surface area (Å²) in [5, 5.41) is 3.34. The van der Waals surface area contributed by atoms with Crippen LogP contribution in [-0.2, 0) is 4.74 Å². The smallest absolute Gasteiger partial charge is 0.125 e. The SMILES string of the molecule is Cc1ccc(C)c(OCCOC2CCNCC2)c1C. The Bertz CT molecular complexity index is 411. The Hall–Kier alpha value is -1.06. The number of ether oxygens (including phenoxy) is 2. The zero-order valence-electron chi connectivity index (χ0n) is 12.3. The summed E-state index contributed by atoms with van der Waals surface area (Å²) in [7, 11) is 0. The summed E-state index contributed by atoms with van der Waals surface area (Å²) in [5.41, 5.74) is 3.71. The molecule has 2 rings (SSSR count). The zero-order chi connectivity index (χ0) is 13.7. The van der Waals surface area contributed by atoms with E-state index >= 15 is 0 Å². The highest BCUT2D eigenvalue weighted by Gasteiger charge is 2.13. The molecule has 106 valence electrons. The van der Waals surface area contributed by atoms with Crippen LogP contribution < -0.4 is 10.1 Å². The summed E-state index contributed by atoms with van der Waals surface area (Å²) in [5.74, 6) is 1.02. The van der Waals surface area contributed by atoms with Gasteiger partial charge in [-0.2, -0.15) is 0 Å². The van der Waals surface area contributed by atoms with Crippen molar-refractivity contribution in [2.45, 2.75) is 39.7 Å². The second-order valence-corrected chi connectivity index (χ2v) is 5.32. The van der Waals surface area contributed by atoms with Crippen molar-refractivity contribution in [3.05, 3.63) is 28.8 Å². The first-order valence-corrected chi connectivity index (χ1v) is 7.20. The number of piperidine rings is 1. The minimum absolute atomic E-state index is 0.407. The maximum atomic E-state index is 5.90. The number of hydrogen-bond acceptors (Lipinski definition) is 3. The normalized spacial score (nSPS) is 16.6. The van der Waals surface area contributed by atoms with Crippen molar-refractivity contribution in [3.8, 4) is 5.75 Å². The number of benzene rings is 1. The molecule has 1 aliphatic heterocycles. The third-order valence-corrected chi connectivity index (χ3v) is 3.84. The van der Waals surface area contributed by atoms with Crippen molar-refractivity contribution < 1.29 is 9.47 Å². The second kappa shape index (κ2) is 6.92. The van der Waals surface area contributed by atoms with Gasteiger partial charge in [-0.3, -0.25) is 0 Å². The average molecular weight is 263 g/mol. The molecular formula is C16H25NO2. The van der Waals surface area contributed by atoms with Gasteiger partial charge in [0.1, 0.15) is 12.4 Å². The van der Waals surface area contributed by atoms with Gasteiger partial charge in [0.2, 0.25) is 0 Å². The van der Waals surface area contributed by atoms with Crippen LogP contribution in [0.3, 0.4) is 0 Å². The van der Waals surface area contributed by atoms with Crippen molar-refractivity contribution >= 4 is 0 Å². The molecule has 0 atom stereocenters. The predicted molar refractivity (Wildman–Crippen MR) is 78.0 cm³/mol.